The van der Waals surface area contributed by atoms with Gasteiger partial charge in [0, 0.05) is 12.6 Å². The summed E-state index contributed by atoms with van der Waals surface area (Å²) in [7, 11) is 0. The Hall–Kier alpha value is -2.97. The maximum atomic E-state index is 14.2. The number of hydrogen-bond acceptors (Lipinski definition) is 6. The third-order valence-electron chi connectivity index (χ3n) is 7.60. The number of esters is 1. The lowest BCUT2D eigenvalue weighted by atomic mass is 9.75. The molecule has 0 bridgehead atoms. The van der Waals surface area contributed by atoms with Gasteiger partial charge in [0.1, 0.15) is 24.2 Å². The molecule has 1 aromatic rings. The molecule has 4 aliphatic rings. The molecule has 1 unspecified atom stereocenters. The van der Waals surface area contributed by atoms with Gasteiger partial charge >= 0.3 is 5.97 Å². The Bertz CT molecular complexity index is 1070. The number of nitrogens with zero attached hydrogens (tertiary/aromatic N) is 2. The summed E-state index contributed by atoms with van der Waals surface area (Å²) < 4.78 is 12.1. The molecule has 2 amide bonds. The quantitative estimate of drug-likeness (QED) is 0.535. The van der Waals surface area contributed by atoms with Gasteiger partial charge in [-0.15, -0.1) is 0 Å². The SMILES string of the molecule is CC(C)N1CC=C[C@]23O[C@@]4(C)C=CCOC(=O)[C@H]4[C@H]2C(=O)N([C@H](CO)c2ccccc2)C3C1=O. The lowest BCUT2D eigenvalue weighted by Crippen LogP contribution is -2.57. The Morgan fingerprint density at radius 3 is 2.47 bits per heavy atom. The fraction of sp³-hybridized carbons (Fsp3) is 0.500. The van der Waals surface area contributed by atoms with Crippen LogP contribution in [0.25, 0.3) is 0 Å². The van der Waals surface area contributed by atoms with Crippen molar-refractivity contribution in [2.24, 2.45) is 11.8 Å². The maximum Gasteiger partial charge on any atom is 0.313 e. The van der Waals surface area contributed by atoms with Crippen molar-refractivity contribution in [2.45, 2.75) is 50.1 Å². The van der Waals surface area contributed by atoms with Crippen molar-refractivity contribution in [1.29, 1.82) is 0 Å². The first-order valence-corrected chi connectivity index (χ1v) is 11.8. The predicted octanol–water partition coefficient (Wildman–Crippen LogP) is 1.61. The van der Waals surface area contributed by atoms with E-state index in [0.717, 1.165) is 0 Å². The van der Waals surface area contributed by atoms with Gasteiger partial charge in [0.05, 0.1) is 24.2 Å². The summed E-state index contributed by atoms with van der Waals surface area (Å²) >= 11 is 0. The second-order valence-corrected chi connectivity index (χ2v) is 9.87. The molecule has 8 nitrogen and oxygen atoms in total. The van der Waals surface area contributed by atoms with Gasteiger partial charge in [-0.25, -0.2) is 0 Å². The van der Waals surface area contributed by atoms with Crippen LogP contribution >= 0.6 is 0 Å². The van der Waals surface area contributed by atoms with E-state index in [9.17, 15) is 19.5 Å². The zero-order valence-corrected chi connectivity index (χ0v) is 19.6. The Balaban J connectivity index is 1.71. The van der Waals surface area contributed by atoms with Crippen LogP contribution in [0.2, 0.25) is 0 Å². The predicted molar refractivity (Wildman–Crippen MR) is 122 cm³/mol. The first-order valence-electron chi connectivity index (χ1n) is 11.8. The van der Waals surface area contributed by atoms with Crippen LogP contribution in [0.15, 0.2) is 54.6 Å². The molecule has 1 spiro atoms. The minimum Gasteiger partial charge on any atom is -0.461 e. The van der Waals surface area contributed by atoms with Crippen molar-refractivity contribution in [3.8, 4) is 0 Å². The smallest absolute Gasteiger partial charge is 0.313 e. The number of carbonyl (C=O) groups is 3. The van der Waals surface area contributed by atoms with Crippen LogP contribution in [-0.2, 0) is 23.9 Å². The average Bonchev–Trinajstić information content (AvgIpc) is 3.06. The third-order valence-corrected chi connectivity index (χ3v) is 7.60. The highest BCUT2D eigenvalue weighted by Gasteiger charge is 2.75. The van der Waals surface area contributed by atoms with Gasteiger partial charge in [-0.05, 0) is 32.4 Å². The van der Waals surface area contributed by atoms with Crippen molar-refractivity contribution in [2.75, 3.05) is 19.8 Å². The topological polar surface area (TPSA) is 96.4 Å². The first kappa shape index (κ1) is 22.8. The summed E-state index contributed by atoms with van der Waals surface area (Å²) in [5.41, 5.74) is -1.76. The van der Waals surface area contributed by atoms with E-state index in [1.807, 2.05) is 50.3 Å². The molecule has 1 N–H and O–H groups in total. The van der Waals surface area contributed by atoms with Crippen molar-refractivity contribution < 1.29 is 29.0 Å². The normalized spacial score (nSPS) is 35.6. The number of rotatable bonds is 4. The lowest BCUT2D eigenvalue weighted by molar-refractivity contribution is -0.160. The van der Waals surface area contributed by atoms with Gasteiger partial charge in [-0.1, -0.05) is 48.6 Å². The number of carbonyl (C=O) groups excluding carboxylic acids is 3. The van der Waals surface area contributed by atoms with E-state index >= 15 is 0 Å². The lowest BCUT2D eigenvalue weighted by Gasteiger charge is -2.40. The Morgan fingerprint density at radius 2 is 1.79 bits per heavy atom. The van der Waals surface area contributed by atoms with E-state index in [1.54, 1.807) is 30.1 Å². The van der Waals surface area contributed by atoms with Crippen LogP contribution in [-0.4, -0.2) is 75.7 Å². The number of ether oxygens (including phenoxy) is 2. The standard InChI is InChI=1S/C26H30N2O6/c1-16(2)27-13-7-12-26-19(20-24(32)33-14-8-11-25(20,3)34-26)22(30)28(21(26)23(27)31)18(15-29)17-9-5-4-6-10-17/h4-12,16,18-21,29H,13-15H2,1-3H3/t18-,19+,20-,21?,25+,26+/m1/s1. The number of likely N-dealkylation sites (tertiary alicyclic amines) is 1. The van der Waals surface area contributed by atoms with Gasteiger partial charge in [-0.2, -0.15) is 0 Å². The van der Waals surface area contributed by atoms with Crippen molar-refractivity contribution >= 4 is 17.8 Å². The molecule has 0 radical (unpaired) electrons. The molecule has 0 saturated carbocycles. The third kappa shape index (κ3) is 3.08. The molecule has 0 aromatic heterocycles. The highest BCUT2D eigenvalue weighted by atomic mass is 16.6. The van der Waals surface area contributed by atoms with E-state index in [0.29, 0.717) is 12.1 Å². The van der Waals surface area contributed by atoms with Crippen LogP contribution in [0.5, 0.6) is 0 Å². The highest BCUT2D eigenvalue weighted by molar-refractivity contribution is 5.99. The second kappa shape index (κ2) is 8.06. The minimum atomic E-state index is -1.36. The zero-order chi connectivity index (χ0) is 24.3. The molecule has 8 heteroatoms. The van der Waals surface area contributed by atoms with Crippen molar-refractivity contribution in [3.63, 3.8) is 0 Å². The number of aliphatic hydroxyl groups excluding tert-OH is 1. The molecule has 1 aromatic carbocycles. The highest BCUT2D eigenvalue weighted by Crippen LogP contribution is 2.58. The first-order chi connectivity index (χ1) is 16.2. The van der Waals surface area contributed by atoms with Gasteiger partial charge in [-0.3, -0.25) is 14.4 Å². The number of amides is 2. The summed E-state index contributed by atoms with van der Waals surface area (Å²) in [5, 5.41) is 10.4. The summed E-state index contributed by atoms with van der Waals surface area (Å²) in [5.74, 6) is -3.04. The van der Waals surface area contributed by atoms with Gasteiger partial charge in [0.2, 0.25) is 11.8 Å². The zero-order valence-electron chi connectivity index (χ0n) is 19.6. The van der Waals surface area contributed by atoms with Crippen molar-refractivity contribution in [1.82, 2.24) is 9.80 Å². The summed E-state index contributed by atoms with van der Waals surface area (Å²) in [6.07, 6.45) is 7.13. The van der Waals surface area contributed by atoms with Crippen LogP contribution in [0.3, 0.4) is 0 Å². The molecule has 0 aliphatic carbocycles. The second-order valence-electron chi connectivity index (χ2n) is 9.87. The van der Waals surface area contributed by atoms with E-state index in [4.69, 9.17) is 9.47 Å². The van der Waals surface area contributed by atoms with Crippen LogP contribution < -0.4 is 0 Å². The fourth-order valence-electron chi connectivity index (χ4n) is 6.14. The fourth-order valence-corrected chi connectivity index (χ4v) is 6.14. The van der Waals surface area contributed by atoms with E-state index in [-0.39, 0.29) is 25.2 Å². The van der Waals surface area contributed by atoms with Gasteiger partial charge in [0.15, 0.2) is 0 Å². The van der Waals surface area contributed by atoms with Gasteiger partial charge in [0.25, 0.3) is 0 Å². The molecule has 2 fully saturated rings. The number of hydrogen-bond donors (Lipinski definition) is 1. The van der Waals surface area contributed by atoms with Crippen molar-refractivity contribution in [3.05, 3.63) is 60.2 Å². The molecule has 4 heterocycles. The largest absolute Gasteiger partial charge is 0.461 e. The number of cyclic esters (lactones) is 1. The maximum absolute atomic E-state index is 14.2. The molecule has 2 saturated heterocycles. The summed E-state index contributed by atoms with van der Waals surface area (Å²) in [6, 6.07) is 7.23. The van der Waals surface area contributed by atoms with Crippen LogP contribution in [0.1, 0.15) is 32.4 Å². The van der Waals surface area contributed by atoms with E-state index < -0.39 is 47.0 Å². The number of fused-ring (bicyclic) bond motifs is 2. The molecule has 4 aliphatic heterocycles. The summed E-state index contributed by atoms with van der Waals surface area (Å²) in [6.45, 7) is 5.71. The molecule has 180 valence electrons. The average molecular weight is 467 g/mol. The van der Waals surface area contributed by atoms with Crippen LogP contribution in [0.4, 0.5) is 0 Å². The monoisotopic (exact) mass is 466 g/mol. The molecule has 34 heavy (non-hydrogen) atoms. The van der Waals surface area contributed by atoms with E-state index in [2.05, 4.69) is 0 Å². The molecule has 5 rings (SSSR count). The Kier molecular flexibility index (Phi) is 5.41. The Labute approximate surface area is 198 Å². The minimum absolute atomic E-state index is 0.106. The number of benzene rings is 1. The van der Waals surface area contributed by atoms with Crippen LogP contribution in [0, 0.1) is 11.8 Å². The molecular weight excluding hydrogens is 436 g/mol. The number of aliphatic hydroxyl groups is 1. The van der Waals surface area contributed by atoms with Gasteiger partial charge < -0.3 is 24.4 Å². The molecule has 6 atom stereocenters. The Morgan fingerprint density at radius 1 is 1.06 bits per heavy atom. The molecular formula is C26H30N2O6. The van der Waals surface area contributed by atoms with E-state index in [1.165, 1.54) is 4.90 Å². The summed E-state index contributed by atoms with van der Waals surface area (Å²) in [4.78, 5) is 44.6.